The summed E-state index contributed by atoms with van der Waals surface area (Å²) < 4.78 is 27.2. The number of anilines is 1. The summed E-state index contributed by atoms with van der Waals surface area (Å²) in [4.78, 5) is 9.38. The Balaban J connectivity index is 1.62. The lowest BCUT2D eigenvalue weighted by Crippen LogP contribution is -2.37. The number of likely N-dealkylation sites (N-methyl/N-ethyl adjacent to an activating group) is 1. The van der Waals surface area contributed by atoms with Crippen LogP contribution in [0, 0.1) is 5.92 Å². The van der Waals surface area contributed by atoms with E-state index in [0.29, 0.717) is 18.5 Å². The molecule has 0 spiro atoms. The highest BCUT2D eigenvalue weighted by atomic mass is 32.2. The molecule has 0 amide bonds. The maximum Gasteiger partial charge on any atom is 0.242 e. The minimum absolute atomic E-state index is 0.256. The second-order valence-corrected chi connectivity index (χ2v) is 8.52. The molecule has 1 saturated heterocycles. The lowest BCUT2D eigenvalue weighted by Gasteiger charge is -2.26. The van der Waals surface area contributed by atoms with Gasteiger partial charge in [0.05, 0.1) is 0 Å². The van der Waals surface area contributed by atoms with E-state index < -0.39 is 10.0 Å². The third-order valence-electron chi connectivity index (χ3n) is 5.11. The monoisotopic (exact) mass is 352 g/mol. The highest BCUT2D eigenvalue weighted by Crippen LogP contribution is 2.28. The van der Waals surface area contributed by atoms with Crippen LogP contribution in [0.2, 0.25) is 0 Å². The summed E-state index contributed by atoms with van der Waals surface area (Å²) in [7, 11) is -3.43. The first-order valence-corrected chi connectivity index (χ1v) is 10.5. The molecule has 2 aliphatic rings. The summed E-state index contributed by atoms with van der Waals surface area (Å²) in [6.45, 7) is 8.98. The molecule has 1 N–H and O–H groups in total. The van der Waals surface area contributed by atoms with Crippen molar-refractivity contribution in [3.63, 3.8) is 0 Å². The zero-order valence-electron chi connectivity index (χ0n) is 14.6. The van der Waals surface area contributed by atoms with Crippen LogP contribution in [0.15, 0.2) is 23.2 Å². The highest BCUT2D eigenvalue weighted by molar-refractivity contribution is 7.89. The van der Waals surface area contributed by atoms with Crippen LogP contribution in [-0.2, 0) is 10.0 Å². The molecular formula is C17H28N4O2S. The smallest absolute Gasteiger partial charge is 0.242 e. The zero-order chi connectivity index (χ0) is 17.2. The van der Waals surface area contributed by atoms with Crippen LogP contribution in [0.3, 0.4) is 0 Å². The second-order valence-electron chi connectivity index (χ2n) is 6.76. The third kappa shape index (κ3) is 4.07. The van der Waals surface area contributed by atoms with E-state index in [9.17, 15) is 8.42 Å². The Morgan fingerprint density at radius 1 is 1.25 bits per heavy atom. The van der Waals surface area contributed by atoms with Gasteiger partial charge in [0.15, 0.2) is 0 Å². The lowest BCUT2D eigenvalue weighted by molar-refractivity contribution is 0.232. The third-order valence-corrected chi connectivity index (χ3v) is 6.51. The maximum absolute atomic E-state index is 12.2. The molecule has 24 heavy (non-hydrogen) atoms. The zero-order valence-corrected chi connectivity index (χ0v) is 15.4. The van der Waals surface area contributed by atoms with Gasteiger partial charge in [-0.1, -0.05) is 13.8 Å². The molecule has 1 saturated carbocycles. The largest absolute Gasteiger partial charge is 0.355 e. The van der Waals surface area contributed by atoms with Gasteiger partial charge in [0.2, 0.25) is 10.0 Å². The van der Waals surface area contributed by atoms with Crippen molar-refractivity contribution in [1.29, 1.82) is 0 Å². The molecule has 2 heterocycles. The van der Waals surface area contributed by atoms with Gasteiger partial charge >= 0.3 is 0 Å². The molecule has 1 aliphatic carbocycles. The Hall–Kier alpha value is -1.18. The fraction of sp³-hybridized carbons (Fsp3) is 0.706. The van der Waals surface area contributed by atoms with E-state index in [0.717, 1.165) is 51.3 Å². The Bertz CT molecular complexity index is 639. The number of rotatable bonds is 8. The molecular weight excluding hydrogens is 324 g/mol. The van der Waals surface area contributed by atoms with Crippen LogP contribution in [0.25, 0.3) is 0 Å². The van der Waals surface area contributed by atoms with E-state index in [4.69, 9.17) is 0 Å². The molecule has 1 aliphatic heterocycles. The van der Waals surface area contributed by atoms with Crippen molar-refractivity contribution in [1.82, 2.24) is 14.6 Å². The molecule has 6 nitrogen and oxygen atoms in total. The summed E-state index contributed by atoms with van der Waals surface area (Å²) >= 11 is 0. The van der Waals surface area contributed by atoms with Crippen molar-refractivity contribution in [3.05, 3.63) is 18.3 Å². The van der Waals surface area contributed by atoms with E-state index in [1.807, 2.05) is 6.07 Å². The summed E-state index contributed by atoms with van der Waals surface area (Å²) in [5.74, 6) is 1.39. The summed E-state index contributed by atoms with van der Waals surface area (Å²) in [6.07, 6.45) is 4.87. The molecule has 2 fully saturated rings. The van der Waals surface area contributed by atoms with Crippen molar-refractivity contribution < 1.29 is 8.42 Å². The van der Waals surface area contributed by atoms with Crippen LogP contribution in [-0.4, -0.2) is 57.1 Å². The normalized spacial score (nSPS) is 21.6. The van der Waals surface area contributed by atoms with Gasteiger partial charge < -0.3 is 4.90 Å². The number of pyridine rings is 1. The average Bonchev–Trinajstić information content (AvgIpc) is 3.31. The molecule has 0 radical (unpaired) electrons. The standard InChI is InChI=1S/C17H28N4O2S/c1-3-20(4-2)15-9-10-21(13-15)17-8-7-16(12-18-17)24(22,23)19-11-14-5-6-14/h7-8,12,14-15,19H,3-6,9-11,13H2,1-2H3. The van der Waals surface area contributed by atoms with Gasteiger partial charge in [-0.05, 0) is 50.4 Å². The summed E-state index contributed by atoms with van der Waals surface area (Å²) in [5.41, 5.74) is 0. The Labute approximate surface area is 145 Å². The molecule has 1 unspecified atom stereocenters. The van der Waals surface area contributed by atoms with Gasteiger partial charge in [-0.3, -0.25) is 4.90 Å². The van der Waals surface area contributed by atoms with E-state index in [-0.39, 0.29) is 4.90 Å². The van der Waals surface area contributed by atoms with E-state index >= 15 is 0 Å². The number of sulfonamides is 1. The maximum atomic E-state index is 12.2. The van der Waals surface area contributed by atoms with Gasteiger partial charge in [0, 0.05) is 31.9 Å². The minimum Gasteiger partial charge on any atom is -0.355 e. The number of aromatic nitrogens is 1. The van der Waals surface area contributed by atoms with E-state index in [1.165, 1.54) is 6.20 Å². The SMILES string of the molecule is CCN(CC)C1CCN(c2ccc(S(=O)(=O)NCC3CC3)cn2)C1. The number of nitrogens with zero attached hydrogens (tertiary/aromatic N) is 3. The minimum atomic E-state index is -3.43. The molecule has 3 rings (SSSR count). The summed E-state index contributed by atoms with van der Waals surface area (Å²) in [5, 5.41) is 0. The van der Waals surface area contributed by atoms with Crippen LogP contribution in [0.4, 0.5) is 5.82 Å². The fourth-order valence-electron chi connectivity index (χ4n) is 3.34. The summed E-state index contributed by atoms with van der Waals surface area (Å²) in [6, 6.07) is 4.06. The number of hydrogen-bond donors (Lipinski definition) is 1. The molecule has 0 bridgehead atoms. The molecule has 7 heteroatoms. The van der Waals surface area contributed by atoms with Crippen molar-refractivity contribution in [3.8, 4) is 0 Å². The molecule has 1 aromatic heterocycles. The van der Waals surface area contributed by atoms with Crippen molar-refractivity contribution in [2.75, 3.05) is 37.6 Å². The number of nitrogens with one attached hydrogen (secondary N) is 1. The van der Waals surface area contributed by atoms with Crippen LogP contribution >= 0.6 is 0 Å². The molecule has 0 aromatic carbocycles. The average molecular weight is 353 g/mol. The van der Waals surface area contributed by atoms with E-state index in [2.05, 4.69) is 33.4 Å². The highest BCUT2D eigenvalue weighted by Gasteiger charge is 2.28. The van der Waals surface area contributed by atoms with Crippen molar-refractivity contribution >= 4 is 15.8 Å². The molecule has 1 aromatic rings. The van der Waals surface area contributed by atoms with Gasteiger partial charge in [0.1, 0.15) is 10.7 Å². The van der Waals surface area contributed by atoms with Gasteiger partial charge in [-0.25, -0.2) is 18.1 Å². The van der Waals surface area contributed by atoms with Crippen molar-refractivity contribution in [2.45, 2.75) is 44.0 Å². The van der Waals surface area contributed by atoms with Crippen LogP contribution in [0.5, 0.6) is 0 Å². The molecule has 134 valence electrons. The van der Waals surface area contributed by atoms with Gasteiger partial charge in [0.25, 0.3) is 0 Å². The van der Waals surface area contributed by atoms with Crippen LogP contribution < -0.4 is 9.62 Å². The second kappa shape index (κ2) is 7.37. The van der Waals surface area contributed by atoms with E-state index in [1.54, 1.807) is 6.07 Å². The van der Waals surface area contributed by atoms with Gasteiger partial charge in [-0.2, -0.15) is 0 Å². The predicted octanol–water partition coefficient (Wildman–Crippen LogP) is 1.69. The van der Waals surface area contributed by atoms with Crippen LogP contribution in [0.1, 0.15) is 33.1 Å². The fourth-order valence-corrected chi connectivity index (χ4v) is 4.40. The first-order chi connectivity index (χ1) is 11.5. The number of hydrogen-bond acceptors (Lipinski definition) is 5. The Kier molecular flexibility index (Phi) is 5.42. The molecule has 1 atom stereocenters. The Morgan fingerprint density at radius 2 is 2.00 bits per heavy atom. The first-order valence-electron chi connectivity index (χ1n) is 8.98. The first kappa shape index (κ1) is 17.6. The predicted molar refractivity (Wildman–Crippen MR) is 95.7 cm³/mol. The Morgan fingerprint density at radius 3 is 2.58 bits per heavy atom. The quantitative estimate of drug-likeness (QED) is 0.771. The van der Waals surface area contributed by atoms with Gasteiger partial charge in [-0.15, -0.1) is 0 Å². The topological polar surface area (TPSA) is 65.5 Å². The van der Waals surface area contributed by atoms with Crippen molar-refractivity contribution in [2.24, 2.45) is 5.92 Å². The lowest BCUT2D eigenvalue weighted by atomic mass is 10.2.